The van der Waals surface area contributed by atoms with Gasteiger partial charge in [0.15, 0.2) is 0 Å². The minimum Gasteiger partial charge on any atom is -0.461 e. The Morgan fingerprint density at radius 1 is 1.23 bits per heavy atom. The molecule has 4 rings (SSSR count). The van der Waals surface area contributed by atoms with Gasteiger partial charge < -0.3 is 9.32 Å². The number of nitrogens with one attached hydrogen (secondary N) is 2. The van der Waals surface area contributed by atoms with E-state index in [9.17, 15) is 22.8 Å². The number of hydrogen-bond donors (Lipinski definition) is 3. The second kappa shape index (κ2) is 9.25. The largest absolute Gasteiger partial charge is 0.461 e. The summed E-state index contributed by atoms with van der Waals surface area (Å²) in [6.07, 6.45) is 3.89. The third-order valence-corrected chi connectivity index (χ3v) is 8.43. The monoisotopic (exact) mass is 506 g/mol. The number of hydrogen-bond acceptors (Lipinski definition) is 7. The van der Waals surface area contributed by atoms with Crippen LogP contribution in [0.4, 0.5) is 4.79 Å². The number of carbonyl (C=O) groups excluding carboxylic acids is 3. The standard InChI is InChI=1S/C23H30N4O7S/c1-23(2)21(29)27(22(30)26(23)3)12-6-8-17(20(28)24-31)25-35(32,33)14-10-11-16-15-7-4-5-9-18(15)34-19(16)13-14/h10-11,13,17,25,31H,4-9,12H2,1-3H3,(H,24,28). The Bertz CT molecular complexity index is 1280. The molecule has 1 aliphatic heterocycles. The highest BCUT2D eigenvalue weighted by molar-refractivity contribution is 7.89. The summed E-state index contributed by atoms with van der Waals surface area (Å²) in [5, 5.41) is 10.0. The van der Waals surface area contributed by atoms with E-state index >= 15 is 0 Å². The molecule has 1 saturated heterocycles. The zero-order chi connectivity index (χ0) is 25.5. The maximum Gasteiger partial charge on any atom is 0.327 e. The van der Waals surface area contributed by atoms with Crippen molar-refractivity contribution >= 4 is 38.8 Å². The zero-order valence-electron chi connectivity index (χ0n) is 20.0. The second-order valence-electron chi connectivity index (χ2n) is 9.52. The first kappa shape index (κ1) is 25.1. The number of urea groups is 1. The van der Waals surface area contributed by atoms with Gasteiger partial charge in [0, 0.05) is 37.0 Å². The van der Waals surface area contributed by atoms with Crippen LogP contribution in [0.2, 0.25) is 0 Å². The van der Waals surface area contributed by atoms with E-state index in [1.807, 2.05) is 0 Å². The van der Waals surface area contributed by atoms with Gasteiger partial charge in [-0.3, -0.25) is 19.7 Å². The Kier molecular flexibility index (Phi) is 6.64. The summed E-state index contributed by atoms with van der Waals surface area (Å²) < 4.78 is 34.3. The van der Waals surface area contributed by atoms with Gasteiger partial charge in [-0.15, -0.1) is 0 Å². The van der Waals surface area contributed by atoms with E-state index < -0.39 is 33.5 Å². The van der Waals surface area contributed by atoms with Gasteiger partial charge in [0.2, 0.25) is 10.0 Å². The lowest BCUT2D eigenvalue weighted by molar-refractivity contribution is -0.131. The fourth-order valence-electron chi connectivity index (χ4n) is 4.62. The van der Waals surface area contributed by atoms with Gasteiger partial charge in [-0.2, -0.15) is 4.72 Å². The fourth-order valence-corrected chi connectivity index (χ4v) is 5.86. The number of nitrogens with zero attached hydrogens (tertiary/aromatic N) is 2. The van der Waals surface area contributed by atoms with Crippen LogP contribution in [0.3, 0.4) is 0 Å². The van der Waals surface area contributed by atoms with Gasteiger partial charge in [-0.05, 0) is 58.1 Å². The molecule has 2 aliphatic rings. The Morgan fingerprint density at radius 3 is 2.60 bits per heavy atom. The molecule has 11 nitrogen and oxygen atoms in total. The summed E-state index contributed by atoms with van der Waals surface area (Å²) in [6.45, 7) is 3.28. The topological polar surface area (TPSA) is 149 Å². The van der Waals surface area contributed by atoms with Crippen LogP contribution in [0.1, 0.15) is 50.9 Å². The fraction of sp³-hybridized carbons (Fsp3) is 0.522. The number of likely N-dealkylation sites (N-methyl/N-ethyl adjacent to an activating group) is 1. The number of benzene rings is 1. The van der Waals surface area contributed by atoms with E-state index in [0.717, 1.165) is 47.3 Å². The first-order valence-corrected chi connectivity index (χ1v) is 13.1. The highest BCUT2D eigenvalue weighted by Crippen LogP contribution is 2.33. The number of sulfonamides is 1. The highest BCUT2D eigenvalue weighted by atomic mass is 32.2. The average Bonchev–Trinajstić information content (AvgIpc) is 3.27. The maximum absolute atomic E-state index is 13.1. The number of aryl methyl sites for hydroxylation is 2. The molecule has 1 fully saturated rings. The molecule has 0 radical (unpaired) electrons. The van der Waals surface area contributed by atoms with Crippen molar-refractivity contribution in [3.8, 4) is 0 Å². The number of imide groups is 1. The lowest BCUT2D eigenvalue weighted by Gasteiger charge is -2.22. The van der Waals surface area contributed by atoms with Gasteiger partial charge in [0.25, 0.3) is 11.8 Å². The zero-order valence-corrected chi connectivity index (χ0v) is 20.8. The summed E-state index contributed by atoms with van der Waals surface area (Å²) in [4.78, 5) is 39.5. The van der Waals surface area contributed by atoms with Crippen molar-refractivity contribution in [2.75, 3.05) is 13.6 Å². The Labute approximate surface area is 203 Å². The minimum absolute atomic E-state index is 0.00623. The number of rotatable bonds is 8. The van der Waals surface area contributed by atoms with Crippen molar-refractivity contribution in [3.05, 3.63) is 29.5 Å². The first-order valence-electron chi connectivity index (χ1n) is 11.6. The summed E-state index contributed by atoms with van der Waals surface area (Å²) in [5.41, 5.74) is 2.08. The highest BCUT2D eigenvalue weighted by Gasteiger charge is 2.48. The van der Waals surface area contributed by atoms with Crippen LogP contribution < -0.4 is 10.2 Å². The van der Waals surface area contributed by atoms with E-state index in [1.54, 1.807) is 19.9 Å². The Hall–Kier alpha value is -2.96. The number of amides is 4. The quantitative estimate of drug-likeness (QED) is 0.281. The molecule has 2 aromatic rings. The molecule has 0 bridgehead atoms. The number of hydroxylamine groups is 1. The smallest absolute Gasteiger partial charge is 0.327 e. The van der Waals surface area contributed by atoms with E-state index in [0.29, 0.717) is 5.58 Å². The van der Waals surface area contributed by atoms with Crippen molar-refractivity contribution in [1.29, 1.82) is 0 Å². The molecule has 35 heavy (non-hydrogen) atoms. The van der Waals surface area contributed by atoms with Crippen LogP contribution in [0, 0.1) is 0 Å². The Balaban J connectivity index is 1.48. The molecule has 12 heteroatoms. The molecular formula is C23H30N4O7S. The molecule has 2 heterocycles. The lowest BCUT2D eigenvalue weighted by atomic mass is 9.96. The van der Waals surface area contributed by atoms with Gasteiger partial charge in [-0.25, -0.2) is 18.7 Å². The summed E-state index contributed by atoms with van der Waals surface area (Å²) in [6, 6.07) is 2.83. The van der Waals surface area contributed by atoms with Crippen LogP contribution in [-0.2, 0) is 32.5 Å². The minimum atomic E-state index is -4.14. The van der Waals surface area contributed by atoms with E-state index in [-0.39, 0.29) is 30.2 Å². The first-order chi connectivity index (χ1) is 16.5. The molecule has 0 spiro atoms. The van der Waals surface area contributed by atoms with Gasteiger partial charge in [0.05, 0.1) is 4.90 Å². The van der Waals surface area contributed by atoms with Crippen LogP contribution in [0.5, 0.6) is 0 Å². The number of carbonyl (C=O) groups is 3. The predicted octanol–water partition coefficient (Wildman–Crippen LogP) is 1.92. The maximum atomic E-state index is 13.1. The van der Waals surface area contributed by atoms with Crippen molar-refractivity contribution in [3.63, 3.8) is 0 Å². The molecule has 1 aromatic heterocycles. The molecule has 1 unspecified atom stereocenters. The lowest BCUT2D eigenvalue weighted by Crippen LogP contribution is -2.46. The molecular weight excluding hydrogens is 476 g/mol. The molecule has 0 saturated carbocycles. The number of furan rings is 1. The Morgan fingerprint density at radius 2 is 1.94 bits per heavy atom. The summed E-state index contributed by atoms with van der Waals surface area (Å²) in [5.74, 6) is -0.436. The van der Waals surface area contributed by atoms with Crippen LogP contribution >= 0.6 is 0 Å². The van der Waals surface area contributed by atoms with Crippen LogP contribution in [0.25, 0.3) is 11.0 Å². The van der Waals surface area contributed by atoms with Gasteiger partial charge >= 0.3 is 6.03 Å². The van der Waals surface area contributed by atoms with Crippen LogP contribution in [-0.4, -0.2) is 66.4 Å². The molecule has 1 aromatic carbocycles. The van der Waals surface area contributed by atoms with E-state index in [1.165, 1.54) is 29.6 Å². The molecule has 190 valence electrons. The predicted molar refractivity (Wildman–Crippen MR) is 125 cm³/mol. The summed E-state index contributed by atoms with van der Waals surface area (Å²) in [7, 11) is -2.61. The second-order valence-corrected chi connectivity index (χ2v) is 11.2. The van der Waals surface area contributed by atoms with Crippen molar-refractivity contribution in [1.82, 2.24) is 20.0 Å². The van der Waals surface area contributed by atoms with E-state index in [4.69, 9.17) is 9.62 Å². The van der Waals surface area contributed by atoms with Crippen molar-refractivity contribution in [2.24, 2.45) is 0 Å². The third-order valence-electron chi connectivity index (χ3n) is 6.96. The molecule has 1 aliphatic carbocycles. The van der Waals surface area contributed by atoms with Crippen molar-refractivity contribution in [2.45, 2.75) is 68.8 Å². The SMILES string of the molecule is CN1C(=O)N(CCCC(NS(=O)(=O)c2ccc3c4c(oc3c2)CCCC4)C(=O)NO)C(=O)C1(C)C. The number of fused-ring (bicyclic) bond motifs is 3. The third kappa shape index (κ3) is 4.53. The summed E-state index contributed by atoms with van der Waals surface area (Å²) >= 11 is 0. The van der Waals surface area contributed by atoms with Crippen molar-refractivity contribution < 1.29 is 32.4 Å². The molecule has 3 N–H and O–H groups in total. The van der Waals surface area contributed by atoms with Gasteiger partial charge in [0.1, 0.15) is 22.9 Å². The molecule has 4 amide bonds. The van der Waals surface area contributed by atoms with Crippen LogP contribution in [0.15, 0.2) is 27.5 Å². The average molecular weight is 507 g/mol. The molecule has 1 atom stereocenters. The normalized spacial score (nSPS) is 18.7. The van der Waals surface area contributed by atoms with E-state index in [2.05, 4.69) is 4.72 Å². The van der Waals surface area contributed by atoms with Gasteiger partial charge in [-0.1, -0.05) is 0 Å².